The Bertz CT molecular complexity index is 475. The first-order chi connectivity index (χ1) is 8.50. The quantitative estimate of drug-likeness (QED) is 0.591. The van der Waals surface area contributed by atoms with Gasteiger partial charge in [0.1, 0.15) is 0 Å². The van der Waals surface area contributed by atoms with Crippen molar-refractivity contribution in [3.05, 3.63) is 21.6 Å². The van der Waals surface area contributed by atoms with Gasteiger partial charge in [-0.3, -0.25) is 14.9 Å². The summed E-state index contributed by atoms with van der Waals surface area (Å²) in [5.41, 5.74) is -0.509. The molecule has 1 saturated heterocycles. The van der Waals surface area contributed by atoms with Gasteiger partial charge in [-0.15, -0.1) is 0 Å². The average molecular weight is 253 g/mol. The van der Waals surface area contributed by atoms with E-state index in [1.807, 2.05) is 0 Å². The average Bonchev–Trinajstić information content (AvgIpc) is 2.71. The SMILES string of the molecule is Cc1onc(C(=O)N2CCC(C)CC2)c1[N+](=O)[O-]. The van der Waals surface area contributed by atoms with Crippen LogP contribution in [-0.4, -0.2) is 34.0 Å². The normalized spacial score (nSPS) is 16.9. The molecule has 1 amide bonds. The second-order valence-corrected chi connectivity index (χ2v) is 4.67. The van der Waals surface area contributed by atoms with E-state index in [0.717, 1.165) is 12.8 Å². The molecule has 1 aromatic heterocycles. The number of rotatable bonds is 2. The molecule has 1 aliphatic rings. The number of nitro groups is 1. The van der Waals surface area contributed by atoms with Gasteiger partial charge in [0.2, 0.25) is 11.5 Å². The van der Waals surface area contributed by atoms with Gasteiger partial charge in [0.15, 0.2) is 0 Å². The Labute approximate surface area is 104 Å². The highest BCUT2D eigenvalue weighted by Crippen LogP contribution is 2.25. The first kappa shape index (κ1) is 12.5. The molecule has 1 aromatic rings. The molecule has 0 bridgehead atoms. The molecule has 0 aromatic carbocycles. The van der Waals surface area contributed by atoms with E-state index in [1.165, 1.54) is 6.92 Å². The number of carbonyl (C=O) groups is 1. The summed E-state index contributed by atoms with van der Waals surface area (Å²) < 4.78 is 4.75. The number of aromatic nitrogens is 1. The topological polar surface area (TPSA) is 89.5 Å². The van der Waals surface area contributed by atoms with Crippen LogP contribution in [0.4, 0.5) is 5.69 Å². The molecule has 0 atom stereocenters. The molecule has 0 N–H and O–H groups in total. The van der Waals surface area contributed by atoms with Crippen molar-refractivity contribution in [2.24, 2.45) is 5.92 Å². The van der Waals surface area contributed by atoms with Crippen molar-refractivity contribution in [2.45, 2.75) is 26.7 Å². The van der Waals surface area contributed by atoms with E-state index in [9.17, 15) is 14.9 Å². The number of hydrogen-bond donors (Lipinski definition) is 0. The second kappa shape index (κ2) is 4.75. The third-order valence-corrected chi connectivity index (χ3v) is 3.29. The summed E-state index contributed by atoms with van der Waals surface area (Å²) in [5.74, 6) is 0.238. The molecule has 0 aliphatic carbocycles. The maximum Gasteiger partial charge on any atom is 0.344 e. The number of carbonyl (C=O) groups excluding carboxylic acids is 1. The molecule has 0 unspecified atom stereocenters. The molecule has 7 nitrogen and oxygen atoms in total. The molecule has 0 spiro atoms. The fraction of sp³-hybridized carbons (Fsp3) is 0.636. The zero-order valence-corrected chi connectivity index (χ0v) is 10.4. The predicted molar refractivity (Wildman–Crippen MR) is 62.2 cm³/mol. The van der Waals surface area contributed by atoms with Gasteiger partial charge in [0.25, 0.3) is 5.91 Å². The van der Waals surface area contributed by atoms with Crippen molar-refractivity contribution in [1.29, 1.82) is 0 Å². The Kier molecular flexibility index (Phi) is 3.31. The standard InChI is InChI=1S/C11H15N3O4/c1-7-3-5-13(6-4-7)11(15)9-10(14(16)17)8(2)18-12-9/h7H,3-6H2,1-2H3. The Hall–Kier alpha value is -1.92. The second-order valence-electron chi connectivity index (χ2n) is 4.67. The minimum absolute atomic E-state index is 0.0636. The monoisotopic (exact) mass is 253 g/mol. The highest BCUT2D eigenvalue weighted by atomic mass is 16.6. The number of nitrogens with zero attached hydrogens (tertiary/aromatic N) is 3. The van der Waals surface area contributed by atoms with E-state index in [0.29, 0.717) is 19.0 Å². The first-order valence-electron chi connectivity index (χ1n) is 5.90. The zero-order valence-electron chi connectivity index (χ0n) is 10.4. The first-order valence-corrected chi connectivity index (χ1v) is 5.90. The lowest BCUT2D eigenvalue weighted by atomic mass is 9.99. The van der Waals surface area contributed by atoms with Crippen LogP contribution in [0.15, 0.2) is 4.52 Å². The van der Waals surface area contributed by atoms with E-state index in [4.69, 9.17) is 4.52 Å². The summed E-state index contributed by atoms with van der Waals surface area (Å²) in [5, 5.41) is 14.4. The molecule has 1 aliphatic heterocycles. The molecular formula is C11H15N3O4. The van der Waals surface area contributed by atoms with Crippen LogP contribution in [0, 0.1) is 23.0 Å². The van der Waals surface area contributed by atoms with Gasteiger partial charge in [-0.2, -0.15) is 0 Å². The van der Waals surface area contributed by atoms with Gasteiger partial charge in [-0.05, 0) is 18.8 Å². The fourth-order valence-corrected chi connectivity index (χ4v) is 2.08. The predicted octanol–water partition coefficient (Wildman–Crippen LogP) is 1.76. The highest BCUT2D eigenvalue weighted by molar-refractivity contribution is 5.96. The van der Waals surface area contributed by atoms with Crippen molar-refractivity contribution in [3.8, 4) is 0 Å². The third-order valence-electron chi connectivity index (χ3n) is 3.29. The lowest BCUT2D eigenvalue weighted by molar-refractivity contribution is -0.386. The van der Waals surface area contributed by atoms with Crippen LogP contribution in [0.5, 0.6) is 0 Å². The van der Waals surface area contributed by atoms with Gasteiger partial charge in [-0.25, -0.2) is 0 Å². The van der Waals surface area contributed by atoms with Gasteiger partial charge >= 0.3 is 5.69 Å². The van der Waals surface area contributed by atoms with Crippen LogP contribution in [0.25, 0.3) is 0 Å². The van der Waals surface area contributed by atoms with E-state index < -0.39 is 10.8 Å². The van der Waals surface area contributed by atoms with E-state index in [-0.39, 0.29) is 17.1 Å². The number of piperidine rings is 1. The van der Waals surface area contributed by atoms with E-state index in [2.05, 4.69) is 12.1 Å². The molecule has 0 radical (unpaired) electrons. The molecule has 98 valence electrons. The van der Waals surface area contributed by atoms with Crippen molar-refractivity contribution in [1.82, 2.24) is 10.1 Å². The number of likely N-dealkylation sites (tertiary alicyclic amines) is 1. The maximum atomic E-state index is 12.1. The zero-order chi connectivity index (χ0) is 13.3. The lowest BCUT2D eigenvalue weighted by Crippen LogP contribution is -2.38. The molecule has 7 heteroatoms. The number of hydrogen-bond acceptors (Lipinski definition) is 5. The van der Waals surface area contributed by atoms with Gasteiger partial charge in [-0.1, -0.05) is 12.1 Å². The minimum atomic E-state index is -0.619. The van der Waals surface area contributed by atoms with E-state index in [1.54, 1.807) is 4.90 Å². The van der Waals surface area contributed by atoms with Crippen molar-refractivity contribution < 1.29 is 14.2 Å². The summed E-state index contributed by atoms with van der Waals surface area (Å²) >= 11 is 0. The van der Waals surface area contributed by atoms with Gasteiger partial charge in [0.05, 0.1) is 4.92 Å². The highest BCUT2D eigenvalue weighted by Gasteiger charge is 2.33. The van der Waals surface area contributed by atoms with Crippen molar-refractivity contribution in [2.75, 3.05) is 13.1 Å². The fourth-order valence-electron chi connectivity index (χ4n) is 2.08. The summed E-state index contributed by atoms with van der Waals surface area (Å²) in [7, 11) is 0. The minimum Gasteiger partial charge on any atom is -0.353 e. The van der Waals surface area contributed by atoms with Crippen LogP contribution in [0.1, 0.15) is 36.0 Å². The Morgan fingerprint density at radius 1 is 1.50 bits per heavy atom. The molecule has 2 heterocycles. The van der Waals surface area contributed by atoms with Crippen LogP contribution < -0.4 is 0 Å². The summed E-state index contributed by atoms with van der Waals surface area (Å²) in [6.07, 6.45) is 1.83. The summed E-state index contributed by atoms with van der Waals surface area (Å²) in [6, 6.07) is 0. The van der Waals surface area contributed by atoms with Crippen molar-refractivity contribution >= 4 is 11.6 Å². The third kappa shape index (κ3) is 2.20. The number of aryl methyl sites for hydroxylation is 1. The molecule has 0 saturated carbocycles. The summed E-state index contributed by atoms with van der Waals surface area (Å²) in [4.78, 5) is 24.0. The van der Waals surface area contributed by atoms with Gasteiger partial charge < -0.3 is 9.42 Å². The maximum absolute atomic E-state index is 12.1. The molecular weight excluding hydrogens is 238 g/mol. The summed E-state index contributed by atoms with van der Waals surface area (Å²) in [6.45, 7) is 4.79. The largest absolute Gasteiger partial charge is 0.353 e. The lowest BCUT2D eigenvalue weighted by Gasteiger charge is -2.29. The molecule has 18 heavy (non-hydrogen) atoms. The molecule has 2 rings (SSSR count). The number of amides is 1. The van der Waals surface area contributed by atoms with Crippen LogP contribution in [0.3, 0.4) is 0 Å². The smallest absolute Gasteiger partial charge is 0.344 e. The van der Waals surface area contributed by atoms with Crippen LogP contribution in [-0.2, 0) is 0 Å². The Balaban J connectivity index is 2.21. The van der Waals surface area contributed by atoms with Crippen molar-refractivity contribution in [3.63, 3.8) is 0 Å². The Morgan fingerprint density at radius 3 is 2.67 bits per heavy atom. The van der Waals surface area contributed by atoms with Gasteiger partial charge in [0, 0.05) is 20.0 Å². The van der Waals surface area contributed by atoms with Crippen LogP contribution >= 0.6 is 0 Å². The van der Waals surface area contributed by atoms with Crippen LogP contribution in [0.2, 0.25) is 0 Å². The van der Waals surface area contributed by atoms with E-state index >= 15 is 0 Å². The Morgan fingerprint density at radius 2 is 2.11 bits per heavy atom. The molecule has 1 fully saturated rings.